The van der Waals surface area contributed by atoms with Crippen molar-refractivity contribution in [3.63, 3.8) is 0 Å². The quantitative estimate of drug-likeness (QED) is 0.279. The van der Waals surface area contributed by atoms with Gasteiger partial charge in [-0.15, -0.1) is 0 Å². The summed E-state index contributed by atoms with van der Waals surface area (Å²) in [7, 11) is 0. The van der Waals surface area contributed by atoms with E-state index in [-0.39, 0.29) is 12.5 Å². The fourth-order valence-electron chi connectivity index (χ4n) is 2.53. The van der Waals surface area contributed by atoms with Crippen molar-refractivity contribution in [2.75, 3.05) is 32.8 Å². The highest BCUT2D eigenvalue weighted by Gasteiger charge is 2.07. The lowest BCUT2D eigenvalue weighted by atomic mass is 10.0. The van der Waals surface area contributed by atoms with Crippen molar-refractivity contribution < 1.29 is 9.90 Å². The molecular formula is C19H32N4O2. The van der Waals surface area contributed by atoms with Crippen molar-refractivity contribution in [1.82, 2.24) is 16.0 Å². The van der Waals surface area contributed by atoms with Crippen molar-refractivity contribution in [2.24, 2.45) is 10.9 Å². The number of aliphatic hydroxyl groups is 1. The van der Waals surface area contributed by atoms with Gasteiger partial charge >= 0.3 is 0 Å². The Balaban J connectivity index is 2.38. The molecule has 25 heavy (non-hydrogen) atoms. The van der Waals surface area contributed by atoms with Crippen LogP contribution in [0.5, 0.6) is 0 Å². The van der Waals surface area contributed by atoms with E-state index in [9.17, 15) is 4.79 Å². The third kappa shape index (κ3) is 9.10. The predicted octanol–water partition coefficient (Wildman–Crippen LogP) is 1.77. The van der Waals surface area contributed by atoms with Crippen LogP contribution in [0.2, 0.25) is 0 Å². The summed E-state index contributed by atoms with van der Waals surface area (Å²) in [6.07, 6.45) is 2.94. The maximum Gasteiger partial charge on any atom is 0.251 e. The van der Waals surface area contributed by atoms with Crippen molar-refractivity contribution in [2.45, 2.75) is 33.1 Å². The summed E-state index contributed by atoms with van der Waals surface area (Å²) in [5, 5.41) is 18.5. The third-order valence-corrected chi connectivity index (χ3v) is 3.83. The molecule has 1 aromatic carbocycles. The van der Waals surface area contributed by atoms with Gasteiger partial charge in [-0.3, -0.25) is 9.79 Å². The average molecular weight is 348 g/mol. The number of nitrogens with zero attached hydrogens (tertiary/aromatic N) is 1. The van der Waals surface area contributed by atoms with Crippen LogP contribution in [-0.4, -0.2) is 49.8 Å². The molecule has 0 saturated carbocycles. The smallest absolute Gasteiger partial charge is 0.251 e. The number of aliphatic imine (C=N–C) groups is 1. The minimum Gasteiger partial charge on any atom is -0.396 e. The Labute approximate surface area is 151 Å². The molecule has 0 fully saturated rings. The van der Waals surface area contributed by atoms with E-state index in [1.807, 2.05) is 25.1 Å². The first-order chi connectivity index (χ1) is 12.2. The van der Waals surface area contributed by atoms with Gasteiger partial charge in [-0.2, -0.15) is 0 Å². The molecule has 0 aliphatic heterocycles. The Kier molecular flexibility index (Phi) is 11.1. The lowest BCUT2D eigenvalue weighted by molar-refractivity contribution is 0.0954. The average Bonchev–Trinajstić information content (AvgIpc) is 2.63. The van der Waals surface area contributed by atoms with Crippen LogP contribution in [-0.2, 0) is 0 Å². The molecule has 0 spiro atoms. The van der Waals surface area contributed by atoms with E-state index in [0.717, 1.165) is 31.8 Å². The van der Waals surface area contributed by atoms with Crippen molar-refractivity contribution in [1.29, 1.82) is 0 Å². The maximum atomic E-state index is 12.0. The van der Waals surface area contributed by atoms with Crippen LogP contribution in [0, 0.1) is 5.92 Å². The summed E-state index contributed by atoms with van der Waals surface area (Å²) >= 11 is 0. The fourth-order valence-corrected chi connectivity index (χ4v) is 2.53. The first-order valence-electron chi connectivity index (χ1n) is 9.17. The van der Waals surface area contributed by atoms with Gasteiger partial charge in [0.15, 0.2) is 5.96 Å². The standard InChI is InChI=1S/C19H32N4O2/c1-3-8-16(11-14-24)15-23-19(20-4-2)22-13-12-21-18(25)17-9-6-5-7-10-17/h5-7,9-10,16,24H,3-4,8,11-15H2,1-2H3,(H,21,25)(H2,20,22,23). The number of nitrogens with one attached hydrogen (secondary N) is 3. The molecule has 1 unspecified atom stereocenters. The van der Waals surface area contributed by atoms with Gasteiger partial charge in [0.25, 0.3) is 5.91 Å². The van der Waals surface area contributed by atoms with Crippen molar-refractivity contribution in [3.05, 3.63) is 35.9 Å². The van der Waals surface area contributed by atoms with E-state index < -0.39 is 0 Å². The Hall–Kier alpha value is -2.08. The second-order valence-corrected chi connectivity index (χ2v) is 5.94. The molecule has 0 aliphatic carbocycles. The molecule has 0 aromatic heterocycles. The Morgan fingerprint density at radius 1 is 1.08 bits per heavy atom. The van der Waals surface area contributed by atoms with Gasteiger partial charge in [0.05, 0.1) is 0 Å². The zero-order valence-electron chi connectivity index (χ0n) is 15.4. The first kappa shape index (κ1) is 21.0. The van der Waals surface area contributed by atoms with E-state index in [4.69, 9.17) is 5.11 Å². The van der Waals surface area contributed by atoms with Crippen LogP contribution in [0.15, 0.2) is 35.3 Å². The van der Waals surface area contributed by atoms with Crippen LogP contribution < -0.4 is 16.0 Å². The van der Waals surface area contributed by atoms with Crippen LogP contribution in [0.3, 0.4) is 0 Å². The van der Waals surface area contributed by atoms with Crippen molar-refractivity contribution in [3.8, 4) is 0 Å². The molecule has 0 heterocycles. The number of guanidine groups is 1. The van der Waals surface area contributed by atoms with Gasteiger partial charge in [-0.25, -0.2) is 0 Å². The van der Waals surface area contributed by atoms with E-state index in [0.29, 0.717) is 31.1 Å². The summed E-state index contributed by atoms with van der Waals surface area (Å²) in [6, 6.07) is 9.18. The number of carbonyl (C=O) groups excluding carboxylic acids is 1. The molecule has 0 bridgehead atoms. The van der Waals surface area contributed by atoms with E-state index in [1.54, 1.807) is 12.1 Å². The SMILES string of the molecule is CCCC(CCO)CN=C(NCC)NCCNC(=O)c1ccccc1. The minimum absolute atomic E-state index is 0.0738. The molecule has 140 valence electrons. The summed E-state index contributed by atoms with van der Waals surface area (Å²) in [6.45, 7) is 6.96. The lowest BCUT2D eigenvalue weighted by Crippen LogP contribution is -2.41. The van der Waals surface area contributed by atoms with Gasteiger partial charge in [-0.05, 0) is 37.8 Å². The predicted molar refractivity (Wildman–Crippen MR) is 103 cm³/mol. The van der Waals surface area contributed by atoms with Gasteiger partial charge in [0.2, 0.25) is 0 Å². The third-order valence-electron chi connectivity index (χ3n) is 3.83. The second kappa shape index (κ2) is 13.2. The topological polar surface area (TPSA) is 85.8 Å². The molecule has 1 atom stereocenters. The molecule has 0 aliphatic rings. The number of hydrogen-bond acceptors (Lipinski definition) is 3. The molecule has 6 nitrogen and oxygen atoms in total. The maximum absolute atomic E-state index is 12.0. The summed E-state index contributed by atoms with van der Waals surface area (Å²) < 4.78 is 0. The monoisotopic (exact) mass is 348 g/mol. The zero-order valence-corrected chi connectivity index (χ0v) is 15.4. The lowest BCUT2D eigenvalue weighted by Gasteiger charge is -2.15. The minimum atomic E-state index is -0.0738. The number of carbonyl (C=O) groups is 1. The number of hydrogen-bond donors (Lipinski definition) is 4. The Morgan fingerprint density at radius 2 is 1.80 bits per heavy atom. The van der Waals surface area contributed by atoms with Gasteiger partial charge in [-0.1, -0.05) is 31.5 Å². The highest BCUT2D eigenvalue weighted by atomic mass is 16.3. The molecule has 0 radical (unpaired) electrons. The number of aliphatic hydroxyl groups excluding tert-OH is 1. The summed E-state index contributed by atoms with van der Waals surface area (Å²) in [5.41, 5.74) is 0.662. The summed E-state index contributed by atoms with van der Waals surface area (Å²) in [4.78, 5) is 16.6. The van der Waals surface area contributed by atoms with Gasteiger partial charge in [0, 0.05) is 38.3 Å². The van der Waals surface area contributed by atoms with Crippen LogP contribution >= 0.6 is 0 Å². The van der Waals surface area contributed by atoms with Crippen LogP contribution in [0.25, 0.3) is 0 Å². The molecule has 1 amide bonds. The normalized spacial score (nSPS) is 12.5. The first-order valence-corrected chi connectivity index (χ1v) is 9.17. The molecule has 1 rings (SSSR count). The molecule has 1 aromatic rings. The largest absolute Gasteiger partial charge is 0.396 e. The number of rotatable bonds is 11. The molecule has 0 saturated heterocycles. The van der Waals surface area contributed by atoms with E-state index >= 15 is 0 Å². The van der Waals surface area contributed by atoms with Gasteiger partial charge in [0.1, 0.15) is 0 Å². The van der Waals surface area contributed by atoms with Crippen LogP contribution in [0.1, 0.15) is 43.5 Å². The van der Waals surface area contributed by atoms with Gasteiger partial charge < -0.3 is 21.1 Å². The number of amides is 1. The highest BCUT2D eigenvalue weighted by Crippen LogP contribution is 2.10. The summed E-state index contributed by atoms with van der Waals surface area (Å²) in [5.74, 6) is 1.08. The second-order valence-electron chi connectivity index (χ2n) is 5.94. The van der Waals surface area contributed by atoms with Crippen molar-refractivity contribution >= 4 is 11.9 Å². The molecule has 6 heteroatoms. The zero-order chi connectivity index (χ0) is 18.3. The van der Waals surface area contributed by atoms with E-state index in [1.165, 1.54) is 0 Å². The molecule has 4 N–H and O–H groups in total. The fraction of sp³-hybridized carbons (Fsp3) is 0.579. The van der Waals surface area contributed by atoms with E-state index in [2.05, 4.69) is 27.9 Å². The number of benzene rings is 1. The highest BCUT2D eigenvalue weighted by molar-refractivity contribution is 5.94. The van der Waals surface area contributed by atoms with Crippen LogP contribution in [0.4, 0.5) is 0 Å². The Morgan fingerprint density at radius 3 is 2.44 bits per heavy atom. The Bertz CT molecular complexity index is 499. The molecular weight excluding hydrogens is 316 g/mol.